The van der Waals surface area contributed by atoms with E-state index in [0.717, 1.165) is 6.07 Å². The lowest BCUT2D eigenvalue weighted by Gasteiger charge is -2.37. The highest BCUT2D eigenvalue weighted by molar-refractivity contribution is 7.86. The number of carboxylic acids is 1. The minimum Gasteiger partial charge on any atom is -0.478 e. The summed E-state index contributed by atoms with van der Waals surface area (Å²) >= 11 is 0. The summed E-state index contributed by atoms with van der Waals surface area (Å²) in [5.74, 6) is -1.97. The summed E-state index contributed by atoms with van der Waals surface area (Å²) < 4.78 is 77.0. The van der Waals surface area contributed by atoms with E-state index in [0.29, 0.717) is 17.5 Å². The molecule has 0 amide bonds. The summed E-state index contributed by atoms with van der Waals surface area (Å²) in [6, 6.07) is 10.1. The molecule has 0 bridgehead atoms. The fourth-order valence-electron chi connectivity index (χ4n) is 5.91. The number of aromatic carboxylic acids is 1. The Kier molecular flexibility index (Phi) is 6.03. The molecule has 5 rings (SSSR count). The Morgan fingerprint density at radius 2 is 1.64 bits per heavy atom. The van der Waals surface area contributed by atoms with Crippen LogP contribution in [0.25, 0.3) is 33.4 Å². The molecule has 1 atom stereocenters. The van der Waals surface area contributed by atoms with Crippen LogP contribution in [0.4, 0.5) is 0 Å². The van der Waals surface area contributed by atoms with E-state index >= 15 is 0 Å². The summed E-state index contributed by atoms with van der Waals surface area (Å²) in [7, 11) is -10.0. The first-order valence-corrected chi connectivity index (χ1v) is 14.8. The van der Waals surface area contributed by atoms with Crippen molar-refractivity contribution in [1.82, 2.24) is 0 Å². The Labute approximate surface area is 224 Å². The smallest absolute Gasteiger partial charge is 0.336 e. The van der Waals surface area contributed by atoms with E-state index in [1.165, 1.54) is 24.3 Å². The minimum atomic E-state index is -5.06. The molecular formula is C27H25NO9S2. The molecule has 10 nitrogen and oxygen atoms in total. The van der Waals surface area contributed by atoms with Gasteiger partial charge in [0.1, 0.15) is 4.90 Å². The first-order valence-electron chi connectivity index (χ1n) is 11.9. The number of fused-ring (bicyclic) bond motifs is 3. The third kappa shape index (κ3) is 4.42. The standard InChI is InChI=1S/C27H25NO9S2/c1-13-11-27(2,3)12-19-17(13)10-18-21(14-6-4-5-7-15(14)26(29)30)16-8-9-20(28)25(39(34,35)36)22(16)37-23(18)24(19)38(31,32)33/h4-10,13,28H,11-12H2,1-3H3,(H,29,30)(H,31,32,33)(H,34,35,36). The SMILES string of the molecule is CC1CC(C)(C)Cc2c1cc1c(-c3ccccc3C(=O)O)c3ccc(=N)c(S(=O)(=O)O)c-3oc1c2S(=O)(=O)O. The summed E-state index contributed by atoms with van der Waals surface area (Å²) in [5, 5.41) is 17.6. The van der Waals surface area contributed by atoms with E-state index in [-0.39, 0.29) is 45.4 Å². The van der Waals surface area contributed by atoms with E-state index in [1.54, 1.807) is 12.1 Å². The summed E-state index contributed by atoms with van der Waals surface area (Å²) in [6.45, 7) is 5.84. The quantitative estimate of drug-likeness (QED) is 0.194. The van der Waals surface area contributed by atoms with Crippen LogP contribution in [-0.2, 0) is 26.7 Å². The molecule has 0 radical (unpaired) electrons. The number of nitrogens with one attached hydrogen (secondary N) is 1. The second-order valence-electron chi connectivity index (χ2n) is 10.7. The monoisotopic (exact) mass is 571 g/mol. The number of hydrogen-bond donors (Lipinski definition) is 4. The van der Waals surface area contributed by atoms with Crippen molar-refractivity contribution in [3.63, 3.8) is 0 Å². The van der Waals surface area contributed by atoms with Gasteiger partial charge in [-0.05, 0) is 65.1 Å². The van der Waals surface area contributed by atoms with E-state index < -0.39 is 52.7 Å². The fourth-order valence-corrected chi connectivity index (χ4v) is 7.53. The molecule has 1 heterocycles. The van der Waals surface area contributed by atoms with E-state index in [4.69, 9.17) is 9.83 Å². The minimum absolute atomic E-state index is 0.0323. The normalized spacial score (nSPS) is 17.3. The van der Waals surface area contributed by atoms with Crippen molar-refractivity contribution >= 4 is 37.2 Å². The van der Waals surface area contributed by atoms with Crippen molar-refractivity contribution in [1.29, 1.82) is 5.41 Å². The lowest BCUT2D eigenvalue weighted by atomic mass is 9.69. The highest BCUT2D eigenvalue weighted by Gasteiger charge is 2.38. The van der Waals surface area contributed by atoms with Gasteiger partial charge in [0.2, 0.25) is 0 Å². The van der Waals surface area contributed by atoms with Gasteiger partial charge in [0.15, 0.2) is 16.2 Å². The molecule has 204 valence electrons. The first kappa shape index (κ1) is 27.0. The molecule has 4 N–H and O–H groups in total. The number of carboxylic acid groups (broad SMARTS) is 1. The third-order valence-corrected chi connectivity index (χ3v) is 9.08. The van der Waals surface area contributed by atoms with Crippen molar-refractivity contribution in [2.45, 2.75) is 49.3 Å². The van der Waals surface area contributed by atoms with Crippen LogP contribution in [0.2, 0.25) is 0 Å². The summed E-state index contributed by atoms with van der Waals surface area (Å²) in [6.07, 6.45) is 0.966. The van der Waals surface area contributed by atoms with Gasteiger partial charge in [0.05, 0.1) is 10.9 Å². The summed E-state index contributed by atoms with van der Waals surface area (Å²) in [5.41, 5.74) is 0.316. The van der Waals surface area contributed by atoms with E-state index in [2.05, 4.69) is 0 Å². The van der Waals surface area contributed by atoms with Crippen molar-refractivity contribution in [3.8, 4) is 22.5 Å². The summed E-state index contributed by atoms with van der Waals surface area (Å²) in [4.78, 5) is 10.7. The lowest BCUT2D eigenvalue weighted by Crippen LogP contribution is -2.26. The van der Waals surface area contributed by atoms with Gasteiger partial charge in [-0.15, -0.1) is 0 Å². The zero-order chi connectivity index (χ0) is 28.7. The predicted molar refractivity (Wildman–Crippen MR) is 141 cm³/mol. The Bertz CT molecular complexity index is 1960. The molecular weight excluding hydrogens is 546 g/mol. The molecule has 1 aliphatic heterocycles. The van der Waals surface area contributed by atoms with Crippen molar-refractivity contribution in [3.05, 3.63) is 64.5 Å². The molecule has 1 unspecified atom stereocenters. The Hall–Kier alpha value is -3.58. The van der Waals surface area contributed by atoms with Crippen LogP contribution in [0.1, 0.15) is 54.6 Å². The maximum Gasteiger partial charge on any atom is 0.336 e. The molecule has 3 aliphatic rings. The molecule has 0 saturated heterocycles. The van der Waals surface area contributed by atoms with E-state index in [9.17, 15) is 35.8 Å². The molecule has 0 spiro atoms. The van der Waals surface area contributed by atoms with E-state index in [1.807, 2.05) is 20.8 Å². The van der Waals surface area contributed by atoms with Crippen LogP contribution in [0, 0.1) is 10.8 Å². The number of rotatable bonds is 4. The maximum atomic E-state index is 12.9. The third-order valence-electron chi connectivity index (χ3n) is 7.22. The van der Waals surface area contributed by atoms with Crippen molar-refractivity contribution in [2.24, 2.45) is 5.41 Å². The van der Waals surface area contributed by atoms with Gasteiger partial charge < -0.3 is 9.52 Å². The molecule has 39 heavy (non-hydrogen) atoms. The first-order chi connectivity index (χ1) is 18.0. The highest BCUT2D eigenvalue weighted by atomic mass is 32.2. The Morgan fingerprint density at radius 3 is 2.26 bits per heavy atom. The van der Waals surface area contributed by atoms with Gasteiger partial charge in [0.25, 0.3) is 20.2 Å². The molecule has 2 aromatic carbocycles. The Balaban J connectivity index is 2.15. The second kappa shape index (κ2) is 8.71. The van der Waals surface area contributed by atoms with Crippen molar-refractivity contribution in [2.75, 3.05) is 0 Å². The average Bonchev–Trinajstić information content (AvgIpc) is 2.79. The van der Waals surface area contributed by atoms with Crippen LogP contribution < -0.4 is 5.36 Å². The number of hydrogen-bond acceptors (Lipinski definition) is 7. The fraction of sp³-hybridized carbons (Fsp3) is 0.259. The molecule has 0 aromatic heterocycles. The predicted octanol–water partition coefficient (Wildman–Crippen LogP) is 4.95. The average molecular weight is 572 g/mol. The molecule has 2 aliphatic carbocycles. The zero-order valence-electron chi connectivity index (χ0n) is 21.1. The van der Waals surface area contributed by atoms with Crippen LogP contribution in [0.5, 0.6) is 0 Å². The van der Waals surface area contributed by atoms with Crippen LogP contribution >= 0.6 is 0 Å². The van der Waals surface area contributed by atoms with Crippen LogP contribution in [0.15, 0.2) is 56.7 Å². The van der Waals surface area contributed by atoms with Crippen LogP contribution in [-0.4, -0.2) is 37.0 Å². The van der Waals surface area contributed by atoms with Gasteiger partial charge in [-0.1, -0.05) is 39.0 Å². The molecule has 0 fully saturated rings. The van der Waals surface area contributed by atoms with Gasteiger partial charge >= 0.3 is 5.97 Å². The Morgan fingerprint density at radius 1 is 1.00 bits per heavy atom. The van der Waals surface area contributed by atoms with Gasteiger partial charge in [0, 0.05) is 16.5 Å². The largest absolute Gasteiger partial charge is 0.478 e. The second-order valence-corrected chi connectivity index (χ2v) is 13.4. The number of carbonyl (C=O) groups is 1. The van der Waals surface area contributed by atoms with Gasteiger partial charge in [-0.3, -0.25) is 14.5 Å². The molecule has 12 heteroatoms. The van der Waals surface area contributed by atoms with Crippen LogP contribution in [0.3, 0.4) is 0 Å². The maximum absolute atomic E-state index is 12.9. The van der Waals surface area contributed by atoms with Gasteiger partial charge in [-0.2, -0.15) is 16.8 Å². The highest BCUT2D eigenvalue weighted by Crippen LogP contribution is 2.50. The zero-order valence-corrected chi connectivity index (χ0v) is 22.8. The molecule has 0 saturated carbocycles. The van der Waals surface area contributed by atoms with Crippen molar-refractivity contribution < 1.29 is 40.3 Å². The lowest BCUT2D eigenvalue weighted by molar-refractivity contribution is 0.0697. The molecule has 2 aromatic rings. The van der Waals surface area contributed by atoms with Gasteiger partial charge in [-0.25, -0.2) is 4.79 Å². The topological polar surface area (TPSA) is 183 Å². The number of benzene rings is 3.